The molecule has 0 heterocycles. The molecule has 1 atom stereocenters. The van der Waals surface area contributed by atoms with Crippen LogP contribution < -0.4 is 27.8 Å². The Bertz CT molecular complexity index is 662. The summed E-state index contributed by atoms with van der Waals surface area (Å²) in [5.41, 5.74) is 15.9. The molecule has 214 valence electrons. The molecule has 0 aromatic carbocycles. The Morgan fingerprint density at radius 2 is 1.30 bits per heavy atom. The zero-order valence-corrected chi connectivity index (χ0v) is 23.3. The van der Waals surface area contributed by atoms with E-state index in [1.165, 1.54) is 57.8 Å². The van der Waals surface area contributed by atoms with E-state index in [9.17, 15) is 14.4 Å². The molecule has 0 aliphatic heterocycles. The molecule has 0 unspecified atom stereocenters. The number of carbonyl (C=O) groups is 3. The number of nitrogens with zero attached hydrogens (tertiary/aromatic N) is 1. The second-order valence-electron chi connectivity index (χ2n) is 9.76. The highest BCUT2D eigenvalue weighted by molar-refractivity contribution is 5.86. The lowest BCUT2D eigenvalue weighted by molar-refractivity contribution is -0.127. The summed E-state index contributed by atoms with van der Waals surface area (Å²) in [7, 11) is 0. The van der Waals surface area contributed by atoms with Crippen molar-refractivity contribution in [2.24, 2.45) is 22.2 Å². The third-order valence-electron chi connectivity index (χ3n) is 6.19. The van der Waals surface area contributed by atoms with Gasteiger partial charge in [-0.1, -0.05) is 70.4 Å². The van der Waals surface area contributed by atoms with E-state index in [4.69, 9.17) is 17.2 Å². The maximum Gasteiger partial charge on any atom is 0.240 e. The maximum atomic E-state index is 12.1. The van der Waals surface area contributed by atoms with E-state index >= 15 is 0 Å². The molecule has 0 rings (SSSR count). The van der Waals surface area contributed by atoms with Crippen molar-refractivity contribution in [3.8, 4) is 0 Å². The van der Waals surface area contributed by atoms with E-state index in [0.717, 1.165) is 25.7 Å². The number of allylic oxidation sites excluding steroid dienone is 2. The lowest BCUT2D eigenvalue weighted by atomic mass is 10.1. The minimum absolute atomic E-state index is 0.0149. The van der Waals surface area contributed by atoms with Gasteiger partial charge >= 0.3 is 0 Å². The van der Waals surface area contributed by atoms with Gasteiger partial charge in [-0.2, -0.15) is 0 Å². The van der Waals surface area contributed by atoms with Gasteiger partial charge in [0.2, 0.25) is 17.7 Å². The molecule has 9 nitrogen and oxygen atoms in total. The summed E-state index contributed by atoms with van der Waals surface area (Å²) in [6, 6.07) is -0.752. The van der Waals surface area contributed by atoms with E-state index in [1.54, 1.807) is 0 Å². The second kappa shape index (κ2) is 25.1. The van der Waals surface area contributed by atoms with Gasteiger partial charge in [0.1, 0.15) is 6.04 Å². The fourth-order valence-electron chi connectivity index (χ4n) is 3.98. The lowest BCUT2D eigenvalue weighted by Crippen LogP contribution is -2.44. The zero-order chi connectivity index (χ0) is 27.6. The number of guanidine groups is 1. The van der Waals surface area contributed by atoms with E-state index in [0.29, 0.717) is 38.8 Å². The number of unbranched alkanes of at least 4 members (excludes halogenated alkanes) is 11. The standard InChI is InChI=1S/C28H54N6O3/c1-2-3-4-5-6-7-8-9-10-11-12-13-14-15-16-20-25(35)32-22-18-21-26(36)34-24(27(29)37)19-17-23-33-28(30)31/h9-10,24H,2-8,11-23H2,1H3,(H2,29,37)(H,32,35)(H,34,36)(H4,30,31,33)/b10-9-/t24-/m0/s1. The third-order valence-corrected chi connectivity index (χ3v) is 6.19. The number of carbonyl (C=O) groups excluding carboxylic acids is 3. The van der Waals surface area contributed by atoms with Crippen LogP contribution in [0.15, 0.2) is 17.1 Å². The Morgan fingerprint density at radius 3 is 1.89 bits per heavy atom. The van der Waals surface area contributed by atoms with Crippen molar-refractivity contribution in [1.82, 2.24) is 10.6 Å². The molecular weight excluding hydrogens is 468 g/mol. The molecule has 0 bridgehead atoms. The van der Waals surface area contributed by atoms with Crippen molar-refractivity contribution in [1.29, 1.82) is 0 Å². The smallest absolute Gasteiger partial charge is 0.240 e. The summed E-state index contributed by atoms with van der Waals surface area (Å²) in [5.74, 6) is -0.852. The average Bonchev–Trinajstić information content (AvgIpc) is 2.85. The Hall–Kier alpha value is -2.58. The van der Waals surface area contributed by atoms with Gasteiger partial charge in [0.05, 0.1) is 0 Å². The van der Waals surface area contributed by atoms with Crippen molar-refractivity contribution >= 4 is 23.7 Å². The van der Waals surface area contributed by atoms with E-state index in [-0.39, 0.29) is 24.2 Å². The topological polar surface area (TPSA) is 166 Å². The Labute approximate surface area is 224 Å². The molecule has 0 aliphatic rings. The summed E-state index contributed by atoms with van der Waals surface area (Å²) in [4.78, 5) is 39.4. The molecule has 0 spiro atoms. The van der Waals surface area contributed by atoms with Gasteiger partial charge in [-0.3, -0.25) is 19.4 Å². The quantitative estimate of drug-likeness (QED) is 0.0529. The van der Waals surface area contributed by atoms with Crippen LogP contribution in [-0.2, 0) is 14.4 Å². The fourth-order valence-corrected chi connectivity index (χ4v) is 3.98. The van der Waals surface area contributed by atoms with Crippen LogP contribution in [0.1, 0.15) is 122 Å². The first-order chi connectivity index (χ1) is 17.9. The van der Waals surface area contributed by atoms with E-state index < -0.39 is 11.9 Å². The molecule has 9 heteroatoms. The minimum atomic E-state index is -0.752. The highest BCUT2D eigenvalue weighted by Crippen LogP contribution is 2.10. The van der Waals surface area contributed by atoms with Crippen LogP contribution in [0.5, 0.6) is 0 Å². The van der Waals surface area contributed by atoms with E-state index in [2.05, 4.69) is 34.7 Å². The number of rotatable bonds is 25. The van der Waals surface area contributed by atoms with Gasteiger partial charge < -0.3 is 27.8 Å². The molecule has 8 N–H and O–H groups in total. The molecule has 3 amide bonds. The molecule has 0 saturated carbocycles. The summed E-state index contributed by atoms with van der Waals surface area (Å²) >= 11 is 0. The number of hydrogen-bond acceptors (Lipinski definition) is 4. The molecule has 0 aliphatic carbocycles. The Morgan fingerprint density at radius 1 is 0.730 bits per heavy atom. The Kier molecular flexibility index (Phi) is 23.3. The Balaban J connectivity index is 3.63. The molecule has 0 radical (unpaired) electrons. The number of nitrogens with one attached hydrogen (secondary N) is 2. The number of nitrogens with two attached hydrogens (primary N) is 3. The average molecular weight is 523 g/mol. The lowest BCUT2D eigenvalue weighted by Gasteiger charge is -2.15. The number of amides is 3. The predicted molar refractivity (Wildman–Crippen MR) is 153 cm³/mol. The van der Waals surface area contributed by atoms with Crippen LogP contribution in [0.25, 0.3) is 0 Å². The SMILES string of the molecule is CCCCCCCC/C=C\CCCCCCCC(=O)NCCCC(=O)N[C@@H](CCCN=C(N)N)C(N)=O. The van der Waals surface area contributed by atoms with Crippen LogP contribution in [-0.4, -0.2) is 42.8 Å². The number of aliphatic imine (C=N–C) groups is 1. The van der Waals surface area contributed by atoms with Gasteiger partial charge in [-0.05, 0) is 51.4 Å². The van der Waals surface area contributed by atoms with Crippen LogP contribution in [0.3, 0.4) is 0 Å². The van der Waals surface area contributed by atoms with Crippen molar-refractivity contribution in [2.45, 2.75) is 129 Å². The fraction of sp³-hybridized carbons (Fsp3) is 0.786. The van der Waals surface area contributed by atoms with Crippen molar-refractivity contribution in [2.75, 3.05) is 13.1 Å². The van der Waals surface area contributed by atoms with Gasteiger partial charge in [0.25, 0.3) is 0 Å². The molecule has 0 aromatic heterocycles. The zero-order valence-electron chi connectivity index (χ0n) is 23.3. The molecule has 37 heavy (non-hydrogen) atoms. The van der Waals surface area contributed by atoms with Crippen molar-refractivity contribution < 1.29 is 14.4 Å². The largest absolute Gasteiger partial charge is 0.370 e. The van der Waals surface area contributed by atoms with Crippen molar-refractivity contribution in [3.05, 3.63) is 12.2 Å². The number of primary amides is 1. The normalized spacial score (nSPS) is 11.8. The molecule has 0 aromatic rings. The first-order valence-electron chi connectivity index (χ1n) is 14.4. The predicted octanol–water partition coefficient (Wildman–Crippen LogP) is 3.94. The second-order valence-corrected chi connectivity index (χ2v) is 9.76. The molecular formula is C28H54N6O3. The van der Waals surface area contributed by atoms with Gasteiger partial charge in [0, 0.05) is 25.9 Å². The summed E-state index contributed by atoms with van der Waals surface area (Å²) in [6.07, 6.45) is 22.8. The summed E-state index contributed by atoms with van der Waals surface area (Å²) in [5, 5.41) is 5.49. The van der Waals surface area contributed by atoms with Gasteiger partial charge in [-0.25, -0.2) is 0 Å². The van der Waals surface area contributed by atoms with Crippen LogP contribution in [0.2, 0.25) is 0 Å². The molecule has 0 fully saturated rings. The summed E-state index contributed by atoms with van der Waals surface area (Å²) < 4.78 is 0. The highest BCUT2D eigenvalue weighted by Gasteiger charge is 2.17. The van der Waals surface area contributed by atoms with Crippen LogP contribution in [0, 0.1) is 0 Å². The maximum absolute atomic E-state index is 12.1. The van der Waals surface area contributed by atoms with Crippen LogP contribution >= 0.6 is 0 Å². The van der Waals surface area contributed by atoms with Crippen LogP contribution in [0.4, 0.5) is 0 Å². The number of hydrogen-bond donors (Lipinski definition) is 5. The minimum Gasteiger partial charge on any atom is -0.370 e. The monoisotopic (exact) mass is 522 g/mol. The third kappa shape index (κ3) is 24.9. The first-order valence-corrected chi connectivity index (χ1v) is 14.4. The van der Waals surface area contributed by atoms with Crippen molar-refractivity contribution in [3.63, 3.8) is 0 Å². The van der Waals surface area contributed by atoms with Gasteiger partial charge in [-0.15, -0.1) is 0 Å². The van der Waals surface area contributed by atoms with Gasteiger partial charge in [0.15, 0.2) is 5.96 Å². The van der Waals surface area contributed by atoms with E-state index in [1.807, 2.05) is 0 Å². The summed E-state index contributed by atoms with van der Waals surface area (Å²) in [6.45, 7) is 3.05. The highest BCUT2D eigenvalue weighted by atomic mass is 16.2. The first kappa shape index (κ1) is 34.4. The molecule has 0 saturated heterocycles.